The van der Waals surface area contributed by atoms with E-state index in [0.29, 0.717) is 17.2 Å². The summed E-state index contributed by atoms with van der Waals surface area (Å²) >= 11 is 5.31. The number of H-pyrrole nitrogens is 1. The van der Waals surface area contributed by atoms with Gasteiger partial charge in [0.15, 0.2) is 5.82 Å². The number of rotatable bonds is 5. The second-order valence-corrected chi connectivity index (χ2v) is 5.64. The van der Waals surface area contributed by atoms with Gasteiger partial charge in [-0.15, -0.1) is 0 Å². The zero-order valence-electron chi connectivity index (χ0n) is 13.6. The Morgan fingerprint density at radius 2 is 2.08 bits per heavy atom. The average molecular weight is 338 g/mol. The van der Waals surface area contributed by atoms with E-state index in [4.69, 9.17) is 17.0 Å². The summed E-state index contributed by atoms with van der Waals surface area (Å²) in [4.78, 5) is 0. The maximum atomic E-state index is 5.62. The number of aromatic nitrogens is 3. The zero-order valence-corrected chi connectivity index (χ0v) is 14.4. The zero-order chi connectivity index (χ0) is 16.9. The fraction of sp³-hybridized carbons (Fsp3) is 0.167. The molecule has 6 heteroatoms. The second-order valence-electron chi connectivity index (χ2n) is 5.25. The van der Waals surface area contributed by atoms with Gasteiger partial charge in [-0.25, -0.2) is 5.10 Å². The topological polar surface area (TPSA) is 55.2 Å². The number of nitrogens with zero attached hydrogens (tertiary/aromatic N) is 3. The molecule has 3 aromatic rings. The molecule has 0 atom stereocenters. The van der Waals surface area contributed by atoms with E-state index in [1.54, 1.807) is 10.9 Å². The molecule has 24 heavy (non-hydrogen) atoms. The van der Waals surface area contributed by atoms with Crippen molar-refractivity contribution in [3.63, 3.8) is 0 Å². The molecule has 1 aromatic heterocycles. The van der Waals surface area contributed by atoms with Gasteiger partial charge in [0.1, 0.15) is 5.75 Å². The Morgan fingerprint density at radius 1 is 1.25 bits per heavy atom. The number of ether oxygens (including phenoxy) is 1. The molecule has 0 radical (unpaired) electrons. The summed E-state index contributed by atoms with van der Waals surface area (Å²) in [6.45, 7) is 4.59. The number of hydrogen-bond acceptors (Lipinski definition) is 4. The molecule has 0 spiro atoms. The molecular weight excluding hydrogens is 320 g/mol. The lowest BCUT2D eigenvalue weighted by Gasteiger charge is -2.06. The lowest BCUT2D eigenvalue weighted by molar-refractivity contribution is 0.340. The molecule has 0 fully saturated rings. The summed E-state index contributed by atoms with van der Waals surface area (Å²) in [5.74, 6) is 1.46. The van der Waals surface area contributed by atoms with Gasteiger partial charge < -0.3 is 4.74 Å². The molecule has 0 aliphatic rings. The van der Waals surface area contributed by atoms with Crippen LogP contribution in [0, 0.1) is 11.7 Å². The van der Waals surface area contributed by atoms with Gasteiger partial charge in [0.05, 0.1) is 12.8 Å². The highest BCUT2D eigenvalue weighted by atomic mass is 32.1. The van der Waals surface area contributed by atoms with E-state index in [9.17, 15) is 0 Å². The highest BCUT2D eigenvalue weighted by Gasteiger charge is 2.08. The minimum absolute atomic E-state index is 0.441. The van der Waals surface area contributed by atoms with Crippen LogP contribution in [-0.4, -0.2) is 27.7 Å². The lowest BCUT2D eigenvalue weighted by Crippen LogP contribution is -1.98. The molecule has 0 aliphatic carbocycles. The van der Waals surface area contributed by atoms with Crippen molar-refractivity contribution in [2.24, 2.45) is 5.10 Å². The number of aromatic amines is 1. The van der Waals surface area contributed by atoms with Crippen LogP contribution in [0.4, 0.5) is 0 Å². The van der Waals surface area contributed by atoms with Crippen LogP contribution in [0.1, 0.15) is 18.1 Å². The van der Waals surface area contributed by atoms with Crippen molar-refractivity contribution in [2.45, 2.75) is 13.8 Å². The van der Waals surface area contributed by atoms with Gasteiger partial charge in [0, 0.05) is 11.1 Å². The van der Waals surface area contributed by atoms with E-state index in [1.807, 2.05) is 62.4 Å². The van der Waals surface area contributed by atoms with Gasteiger partial charge in [-0.3, -0.25) is 0 Å². The van der Waals surface area contributed by atoms with Crippen molar-refractivity contribution < 1.29 is 4.74 Å². The van der Waals surface area contributed by atoms with E-state index >= 15 is 0 Å². The number of nitrogens with one attached hydrogen (secondary N) is 1. The maximum Gasteiger partial charge on any atom is 0.216 e. The van der Waals surface area contributed by atoms with Crippen LogP contribution in [-0.2, 0) is 0 Å². The van der Waals surface area contributed by atoms with Gasteiger partial charge in [0.25, 0.3) is 0 Å². The molecular formula is C18H18N4OS. The minimum Gasteiger partial charge on any atom is -0.493 e. The summed E-state index contributed by atoms with van der Waals surface area (Å²) in [6.07, 6.45) is 1.73. The van der Waals surface area contributed by atoms with Crippen molar-refractivity contribution in [3.05, 3.63) is 64.4 Å². The molecule has 1 heterocycles. The molecule has 0 unspecified atom stereocenters. The van der Waals surface area contributed by atoms with E-state index in [0.717, 1.165) is 22.4 Å². The maximum absolute atomic E-state index is 5.62. The Morgan fingerprint density at radius 3 is 2.88 bits per heavy atom. The van der Waals surface area contributed by atoms with Crippen LogP contribution < -0.4 is 4.74 Å². The van der Waals surface area contributed by atoms with Crippen molar-refractivity contribution in [1.29, 1.82) is 0 Å². The smallest absolute Gasteiger partial charge is 0.216 e. The lowest BCUT2D eigenvalue weighted by atomic mass is 10.1. The fourth-order valence-electron chi connectivity index (χ4n) is 2.36. The molecule has 122 valence electrons. The van der Waals surface area contributed by atoms with E-state index in [1.165, 1.54) is 0 Å². The van der Waals surface area contributed by atoms with Crippen LogP contribution in [0.5, 0.6) is 5.75 Å². The molecule has 0 saturated heterocycles. The van der Waals surface area contributed by atoms with Crippen LogP contribution in [0.3, 0.4) is 0 Å². The number of benzene rings is 2. The third kappa shape index (κ3) is 3.44. The third-order valence-corrected chi connectivity index (χ3v) is 3.72. The fourth-order valence-corrected chi connectivity index (χ4v) is 2.54. The first-order valence-electron chi connectivity index (χ1n) is 7.69. The van der Waals surface area contributed by atoms with Crippen molar-refractivity contribution in [2.75, 3.05) is 6.61 Å². The Hall–Kier alpha value is -2.73. The number of para-hydroxylation sites is 1. The van der Waals surface area contributed by atoms with Gasteiger partial charge in [-0.05, 0) is 44.3 Å². The number of hydrogen-bond donors (Lipinski definition) is 1. The van der Waals surface area contributed by atoms with Crippen LogP contribution in [0.15, 0.2) is 53.6 Å². The Kier molecular flexibility index (Phi) is 4.86. The molecule has 3 rings (SSSR count). The molecule has 0 saturated carbocycles. The first-order chi connectivity index (χ1) is 11.7. The summed E-state index contributed by atoms with van der Waals surface area (Å²) in [5, 5.41) is 11.6. The quantitative estimate of drug-likeness (QED) is 0.560. The van der Waals surface area contributed by atoms with Gasteiger partial charge in [-0.1, -0.05) is 35.9 Å². The Bertz CT molecular complexity index is 927. The van der Waals surface area contributed by atoms with Gasteiger partial charge in [0.2, 0.25) is 4.77 Å². The SMILES string of the molecule is CCOc1ccccc1C=Nn1c(-c2cccc(C)c2)n[nH]c1=S. The summed E-state index contributed by atoms with van der Waals surface area (Å²) in [6, 6.07) is 15.8. The standard InChI is InChI=1S/C18H18N4OS/c1-3-23-16-10-5-4-8-15(16)12-19-22-17(20-21-18(22)24)14-9-6-7-13(2)11-14/h4-12H,3H2,1-2H3,(H,21,24). The second kappa shape index (κ2) is 7.23. The highest BCUT2D eigenvalue weighted by Crippen LogP contribution is 2.19. The van der Waals surface area contributed by atoms with Crippen LogP contribution in [0.25, 0.3) is 11.4 Å². The summed E-state index contributed by atoms with van der Waals surface area (Å²) < 4.78 is 7.68. The van der Waals surface area contributed by atoms with Gasteiger partial charge >= 0.3 is 0 Å². The molecule has 1 N–H and O–H groups in total. The summed E-state index contributed by atoms with van der Waals surface area (Å²) in [7, 11) is 0. The van der Waals surface area contributed by atoms with Crippen molar-refractivity contribution in [1.82, 2.24) is 14.9 Å². The first-order valence-corrected chi connectivity index (χ1v) is 8.10. The van der Waals surface area contributed by atoms with E-state index < -0.39 is 0 Å². The largest absolute Gasteiger partial charge is 0.493 e. The Labute approximate surface area is 145 Å². The summed E-state index contributed by atoms with van der Waals surface area (Å²) in [5.41, 5.74) is 2.99. The average Bonchev–Trinajstić information content (AvgIpc) is 2.95. The van der Waals surface area contributed by atoms with E-state index in [2.05, 4.69) is 15.3 Å². The predicted octanol–water partition coefficient (Wildman–Crippen LogP) is 4.20. The highest BCUT2D eigenvalue weighted by molar-refractivity contribution is 7.71. The predicted molar refractivity (Wildman–Crippen MR) is 98.2 cm³/mol. The van der Waals surface area contributed by atoms with Gasteiger partial charge in [-0.2, -0.15) is 14.9 Å². The molecule has 0 amide bonds. The minimum atomic E-state index is 0.441. The van der Waals surface area contributed by atoms with Crippen molar-refractivity contribution in [3.8, 4) is 17.1 Å². The molecule has 5 nitrogen and oxygen atoms in total. The normalized spacial score (nSPS) is 11.1. The van der Waals surface area contributed by atoms with Crippen LogP contribution >= 0.6 is 12.2 Å². The molecule has 0 bridgehead atoms. The van der Waals surface area contributed by atoms with E-state index in [-0.39, 0.29) is 0 Å². The van der Waals surface area contributed by atoms with Crippen molar-refractivity contribution >= 4 is 18.4 Å². The van der Waals surface area contributed by atoms with Crippen LogP contribution in [0.2, 0.25) is 0 Å². The first kappa shape index (κ1) is 16.1. The number of aryl methyl sites for hydroxylation is 1. The molecule has 2 aromatic carbocycles. The molecule has 0 aliphatic heterocycles. The Balaban J connectivity index is 2.00. The monoisotopic (exact) mass is 338 g/mol. The third-order valence-electron chi connectivity index (χ3n) is 3.46.